The van der Waals surface area contributed by atoms with E-state index in [1.165, 1.54) is 47.0 Å². The Bertz CT molecular complexity index is 2650. The molecule has 0 aliphatic carbocycles. The van der Waals surface area contributed by atoms with Crippen LogP contribution in [0.15, 0.2) is 202 Å². The van der Waals surface area contributed by atoms with Crippen LogP contribution in [0, 0.1) is 27.7 Å². The SMILES string of the molecule is Cc1cc(C)c(CSc2ccccc2C(=O)O)cc1CSc1ccccc1C(=O)[O-].Cc1cc(C)c(CSc2ccccc2C(=O)O)cc1CSc1ccccc1C(=O)[O-].[Fe+2].c1ccncc1.c1ccncc1. The van der Waals surface area contributed by atoms with E-state index in [2.05, 4.69) is 34.2 Å². The van der Waals surface area contributed by atoms with Gasteiger partial charge in [-0.15, -0.1) is 47.0 Å². The number of carboxylic acid groups (broad SMARTS) is 4. The molecule has 6 aromatic carbocycles. The van der Waals surface area contributed by atoms with E-state index in [1.807, 2.05) is 100 Å². The number of hydrogen-bond donors (Lipinski definition) is 2. The van der Waals surface area contributed by atoms with Crippen molar-refractivity contribution in [3.63, 3.8) is 0 Å². The molecule has 0 saturated heterocycles. The minimum Gasteiger partial charge on any atom is -0.545 e. The van der Waals surface area contributed by atoms with Gasteiger partial charge in [0.2, 0.25) is 0 Å². The number of thioether (sulfide) groups is 4. The maximum absolute atomic E-state index is 11.4. The largest absolute Gasteiger partial charge is 2.00 e. The fraction of sp³-hybridized carbons (Fsp3) is 0.138. The topological polar surface area (TPSA) is 181 Å². The Labute approximate surface area is 454 Å². The first-order chi connectivity index (χ1) is 34.7. The molecular formula is C58H52FeN2O8S4. The molecule has 0 spiro atoms. The third-order valence-electron chi connectivity index (χ3n) is 10.7. The summed E-state index contributed by atoms with van der Waals surface area (Å²) in [6.45, 7) is 8.19. The summed E-state index contributed by atoms with van der Waals surface area (Å²) in [5.74, 6) is -1.61. The Morgan fingerprint density at radius 1 is 0.384 bits per heavy atom. The Morgan fingerprint density at radius 2 is 0.630 bits per heavy atom. The van der Waals surface area contributed by atoms with E-state index in [0.29, 0.717) is 43.9 Å². The molecule has 0 aliphatic rings. The van der Waals surface area contributed by atoms with Gasteiger partial charge in [-0.2, -0.15) is 0 Å². The van der Waals surface area contributed by atoms with Crippen LogP contribution in [-0.2, 0) is 40.1 Å². The predicted octanol–water partition coefficient (Wildman–Crippen LogP) is 12.1. The molecule has 2 heterocycles. The first kappa shape index (κ1) is 59.0. The number of aryl methyl sites for hydroxylation is 4. The summed E-state index contributed by atoms with van der Waals surface area (Å²) in [4.78, 5) is 55.9. The molecule has 2 N–H and O–H groups in total. The first-order valence-electron chi connectivity index (χ1n) is 22.4. The number of aromatic carboxylic acids is 4. The van der Waals surface area contributed by atoms with Gasteiger partial charge in [0.1, 0.15) is 0 Å². The summed E-state index contributed by atoms with van der Waals surface area (Å²) in [6, 6.07) is 47.7. The fourth-order valence-corrected chi connectivity index (χ4v) is 11.2. The molecule has 8 aromatic rings. The van der Waals surface area contributed by atoms with Crippen molar-refractivity contribution in [1.82, 2.24) is 9.97 Å². The van der Waals surface area contributed by atoms with Crippen LogP contribution in [0.5, 0.6) is 0 Å². The van der Waals surface area contributed by atoms with Crippen LogP contribution < -0.4 is 10.2 Å². The van der Waals surface area contributed by atoms with Gasteiger partial charge in [0.05, 0.1) is 23.1 Å². The van der Waals surface area contributed by atoms with Gasteiger partial charge in [0, 0.05) is 78.5 Å². The van der Waals surface area contributed by atoms with Gasteiger partial charge < -0.3 is 30.0 Å². The molecule has 0 atom stereocenters. The number of aromatic nitrogens is 2. The zero-order valence-corrected chi connectivity index (χ0v) is 44.7. The van der Waals surface area contributed by atoms with Crippen LogP contribution in [0.3, 0.4) is 0 Å². The summed E-state index contributed by atoms with van der Waals surface area (Å²) in [5.41, 5.74) is 10.1. The summed E-state index contributed by atoms with van der Waals surface area (Å²) >= 11 is 5.95. The zero-order valence-electron chi connectivity index (χ0n) is 40.4. The normalized spacial score (nSPS) is 10.1. The molecule has 0 saturated carbocycles. The maximum Gasteiger partial charge on any atom is 2.00 e. The van der Waals surface area contributed by atoms with Gasteiger partial charge in [0.25, 0.3) is 0 Å². The monoisotopic (exact) mass is 1090 g/mol. The summed E-state index contributed by atoms with van der Waals surface area (Å²) in [6.07, 6.45) is 7.00. The number of rotatable bonds is 16. The molecule has 15 heteroatoms. The van der Waals surface area contributed by atoms with E-state index in [0.717, 1.165) is 54.3 Å². The number of hydrogen-bond acceptors (Lipinski definition) is 12. The molecule has 0 unspecified atom stereocenters. The molecule has 0 bridgehead atoms. The van der Waals surface area contributed by atoms with Gasteiger partial charge in [-0.05, 0) is 133 Å². The van der Waals surface area contributed by atoms with Crippen molar-refractivity contribution >= 4 is 70.9 Å². The fourth-order valence-electron chi connectivity index (χ4n) is 6.83. The van der Waals surface area contributed by atoms with Crippen molar-refractivity contribution in [2.24, 2.45) is 0 Å². The number of carboxylic acids is 4. The molecule has 0 aliphatic heterocycles. The van der Waals surface area contributed by atoms with Crippen LogP contribution in [0.1, 0.15) is 85.9 Å². The van der Waals surface area contributed by atoms with Gasteiger partial charge in [-0.3, -0.25) is 9.97 Å². The number of carbonyl (C=O) groups is 4. The van der Waals surface area contributed by atoms with Gasteiger partial charge in [-0.1, -0.05) is 97.1 Å². The Morgan fingerprint density at radius 3 is 0.849 bits per heavy atom. The second kappa shape index (κ2) is 31.1. The molecule has 8 rings (SSSR count). The number of carbonyl (C=O) groups excluding carboxylic acids is 2. The molecule has 73 heavy (non-hydrogen) atoms. The van der Waals surface area contributed by atoms with Gasteiger partial charge in [0.15, 0.2) is 0 Å². The van der Waals surface area contributed by atoms with Crippen LogP contribution in [0.2, 0.25) is 0 Å². The van der Waals surface area contributed by atoms with Crippen molar-refractivity contribution in [2.75, 3.05) is 0 Å². The summed E-state index contributed by atoms with van der Waals surface area (Å²) in [7, 11) is 0. The standard InChI is InChI=1S/2C24H22O4S2.2C5H5N.Fe/c2*1-15-11-16(2)18(14-30-22-10-6-4-8-20(22)24(27)28)12-17(15)13-29-21-9-5-3-7-19(21)23(25)26;2*1-2-4-6-5-3-1;/h2*3-12H,13-14H2,1-2H3,(H,25,26)(H,27,28);2*1-5H;/q;;;;+2/p-2. The summed E-state index contributed by atoms with van der Waals surface area (Å²) < 4.78 is 0. The van der Waals surface area contributed by atoms with Crippen LogP contribution >= 0.6 is 47.0 Å². The molecule has 374 valence electrons. The van der Waals surface area contributed by atoms with Crippen LogP contribution in [0.4, 0.5) is 0 Å². The maximum atomic E-state index is 11.4. The van der Waals surface area contributed by atoms with Gasteiger partial charge >= 0.3 is 29.0 Å². The smallest absolute Gasteiger partial charge is 0.545 e. The first-order valence-corrected chi connectivity index (χ1v) is 26.3. The van der Waals surface area contributed by atoms with E-state index in [-0.39, 0.29) is 28.2 Å². The molecule has 0 fully saturated rings. The molecular weight excluding hydrogens is 1040 g/mol. The van der Waals surface area contributed by atoms with Crippen molar-refractivity contribution in [3.05, 3.63) is 249 Å². The Hall–Kier alpha value is -6.58. The molecule has 10 nitrogen and oxygen atoms in total. The second-order valence-corrected chi connectivity index (χ2v) is 19.9. The van der Waals surface area contributed by atoms with E-state index in [9.17, 15) is 39.6 Å². The average molecular weight is 1090 g/mol. The third kappa shape index (κ3) is 19.1. The summed E-state index contributed by atoms with van der Waals surface area (Å²) in [5, 5.41) is 41.4. The molecule has 0 radical (unpaired) electrons. The van der Waals surface area contributed by atoms with Crippen molar-refractivity contribution in [1.29, 1.82) is 0 Å². The quantitative estimate of drug-likeness (QED) is 0.0689. The second-order valence-electron chi connectivity index (χ2n) is 15.8. The van der Waals surface area contributed by atoms with Crippen molar-refractivity contribution in [2.45, 2.75) is 70.3 Å². The average Bonchev–Trinajstić information content (AvgIpc) is 3.39. The molecule has 0 amide bonds. The van der Waals surface area contributed by atoms with E-state index in [1.54, 1.807) is 85.5 Å². The third-order valence-corrected chi connectivity index (χ3v) is 15.2. The van der Waals surface area contributed by atoms with E-state index < -0.39 is 23.9 Å². The number of nitrogens with zero attached hydrogens (tertiary/aromatic N) is 2. The Balaban J connectivity index is 0.000000253. The van der Waals surface area contributed by atoms with Gasteiger partial charge in [-0.25, -0.2) is 9.59 Å². The van der Waals surface area contributed by atoms with E-state index >= 15 is 0 Å². The zero-order chi connectivity index (χ0) is 51.8. The van der Waals surface area contributed by atoms with Crippen molar-refractivity contribution < 1.29 is 56.7 Å². The van der Waals surface area contributed by atoms with Crippen LogP contribution in [-0.4, -0.2) is 44.1 Å². The minimum absolute atomic E-state index is 0. The predicted molar refractivity (Wildman–Crippen MR) is 287 cm³/mol. The van der Waals surface area contributed by atoms with Crippen LogP contribution in [0.25, 0.3) is 0 Å². The Kier molecular flexibility index (Phi) is 25.1. The van der Waals surface area contributed by atoms with Crippen molar-refractivity contribution in [3.8, 4) is 0 Å². The number of benzene rings is 6. The van der Waals surface area contributed by atoms with E-state index in [4.69, 9.17) is 0 Å². The minimum atomic E-state index is -1.17. The number of pyridine rings is 2. The molecule has 2 aromatic heterocycles.